The maximum Gasteiger partial charge on any atom is 0.251 e. The normalized spacial score (nSPS) is 13.7. The van der Waals surface area contributed by atoms with Gasteiger partial charge in [0.15, 0.2) is 23.3 Å². The number of rotatable bonds is 6. The number of H-pyrrole nitrogens is 2. The lowest BCUT2D eigenvalue weighted by Crippen LogP contribution is -2.11. The van der Waals surface area contributed by atoms with Gasteiger partial charge in [0.2, 0.25) is 0 Å². The monoisotopic (exact) mass is 1110 g/mol. The summed E-state index contributed by atoms with van der Waals surface area (Å²) in [6.45, 7) is 40.3. The molecule has 0 amide bonds. The highest BCUT2D eigenvalue weighted by Crippen LogP contribution is 2.45. The quantitative estimate of drug-likeness (QED) is 0.168. The number of aromatic nitrogens is 10. The zero-order chi connectivity index (χ0) is 60.1. The van der Waals surface area contributed by atoms with Crippen LogP contribution in [0.25, 0.3) is 67.4 Å². The van der Waals surface area contributed by atoms with Gasteiger partial charge in [-0.15, -0.1) is 10.2 Å². The lowest BCUT2D eigenvalue weighted by atomic mass is 9.84. The van der Waals surface area contributed by atoms with E-state index in [2.05, 4.69) is 290 Å². The molecule has 11 rings (SSSR count). The van der Waals surface area contributed by atoms with Crippen LogP contribution in [0.2, 0.25) is 0 Å². The van der Waals surface area contributed by atoms with Crippen LogP contribution in [0, 0.1) is 0 Å². The molecule has 426 valence electrons. The van der Waals surface area contributed by atoms with Gasteiger partial charge >= 0.3 is 0 Å². The molecule has 2 N–H and O–H groups in total. The minimum absolute atomic E-state index is 0.0706. The van der Waals surface area contributed by atoms with Crippen molar-refractivity contribution in [1.82, 2.24) is 50.1 Å². The standard InChI is InChI=1S/C74H80N10/c1-69(2,3)49-31-19-43(20-32-49)55-56(44-21-33-50(34-22-44)70(4,5)6)62-75-61(55)76-63-57(45-23-35-51(36-24-45)71(7,8)9)59(47-27-39-53(40-28-47)73(13,14)15)65(78-63)80-67-82-68(84-83-67)81-66-60(48-29-41-54(42-30-48)74(16,17)18)58(64(77-62)79-66)46-25-37-52(38-26-46)72(10,11)12/h19-42H,1-18H3,(H2,75,76,77,78,79,80,81,82,83,84). The summed E-state index contributed by atoms with van der Waals surface area (Å²) in [6, 6.07) is 52.9. The summed E-state index contributed by atoms with van der Waals surface area (Å²) in [4.78, 5) is 40.3. The van der Waals surface area contributed by atoms with E-state index in [1.807, 2.05) is 0 Å². The lowest BCUT2D eigenvalue weighted by molar-refractivity contribution is 0.590. The predicted molar refractivity (Wildman–Crippen MR) is 347 cm³/mol. The molecule has 0 saturated carbocycles. The Morgan fingerprint density at radius 2 is 0.429 bits per heavy atom. The largest absolute Gasteiger partial charge is 0.324 e. The number of nitrogens with one attached hydrogen (secondary N) is 2. The van der Waals surface area contributed by atoms with Gasteiger partial charge in [-0.05, 0) is 99.3 Å². The minimum Gasteiger partial charge on any atom is -0.324 e. The fraction of sp³-hybridized carbons (Fsp3) is 0.324. The number of nitrogens with zero attached hydrogens (tertiary/aromatic N) is 8. The lowest BCUT2D eigenvalue weighted by Gasteiger charge is -2.20. The van der Waals surface area contributed by atoms with Crippen LogP contribution in [0.4, 0.5) is 0 Å². The van der Waals surface area contributed by atoms with Crippen molar-refractivity contribution in [2.75, 3.05) is 0 Å². The molecule has 0 unspecified atom stereocenters. The second-order valence-electron chi connectivity index (χ2n) is 29.0. The van der Waals surface area contributed by atoms with E-state index in [1.54, 1.807) is 0 Å². The van der Waals surface area contributed by atoms with Gasteiger partial charge in [0.25, 0.3) is 11.6 Å². The Kier molecular flexibility index (Phi) is 14.1. The summed E-state index contributed by atoms with van der Waals surface area (Å²) < 4.78 is 0. The van der Waals surface area contributed by atoms with Gasteiger partial charge in [0.05, 0.1) is 0 Å². The predicted octanol–water partition coefficient (Wildman–Crippen LogP) is 17.8. The minimum atomic E-state index is -0.0830. The third kappa shape index (κ3) is 11.3. The molecule has 84 heavy (non-hydrogen) atoms. The van der Waals surface area contributed by atoms with Crippen molar-refractivity contribution < 1.29 is 0 Å². The van der Waals surface area contributed by atoms with Crippen LogP contribution in [-0.2, 0) is 32.5 Å². The van der Waals surface area contributed by atoms with Crippen LogP contribution in [-0.4, -0.2) is 50.1 Å². The van der Waals surface area contributed by atoms with E-state index in [4.69, 9.17) is 29.9 Å². The second-order valence-corrected chi connectivity index (χ2v) is 29.0. The molecule has 8 bridgehead atoms. The highest BCUT2D eigenvalue weighted by atomic mass is 15.3. The molecule has 0 saturated heterocycles. The first-order valence-corrected chi connectivity index (χ1v) is 29.5. The molecular formula is C74H80N10. The van der Waals surface area contributed by atoms with E-state index in [-0.39, 0.29) is 44.0 Å². The number of benzene rings is 6. The van der Waals surface area contributed by atoms with Crippen LogP contribution in [0.1, 0.15) is 204 Å². The molecule has 0 spiro atoms. The van der Waals surface area contributed by atoms with Crippen molar-refractivity contribution in [3.63, 3.8) is 0 Å². The SMILES string of the molecule is CC(C)(C)c1ccc(C2=C(c3ccc(C(C)(C)C)cc3)c3nc2nc2nnc(nc4nc(nc5[nH]c(n3)c(-c3ccc(C(C)(C)C)cc3)c5-c3ccc(C(C)(C)C)cc3)C(c3ccc(C(C)(C)C)cc3)=C4c3ccc(C(C)(C)C)cc3)[nH]2)cc1. The summed E-state index contributed by atoms with van der Waals surface area (Å²) >= 11 is 0. The van der Waals surface area contributed by atoms with E-state index in [0.717, 1.165) is 66.8 Å². The van der Waals surface area contributed by atoms with E-state index >= 15 is 0 Å². The summed E-state index contributed by atoms with van der Waals surface area (Å²) in [7, 11) is 0. The number of hydrogen-bond acceptors (Lipinski definition) is 8. The third-order valence-corrected chi connectivity index (χ3v) is 16.3. The van der Waals surface area contributed by atoms with Crippen molar-refractivity contribution >= 4 is 45.1 Å². The zero-order valence-electron chi connectivity index (χ0n) is 52.4. The first-order valence-electron chi connectivity index (χ1n) is 29.5. The van der Waals surface area contributed by atoms with Crippen LogP contribution in [0.5, 0.6) is 0 Å². The number of fused-ring (bicyclic) bond motifs is 8. The molecule has 0 fully saturated rings. The van der Waals surface area contributed by atoms with Gasteiger partial charge in [-0.25, -0.2) is 19.9 Å². The van der Waals surface area contributed by atoms with Crippen molar-refractivity contribution in [3.8, 4) is 22.3 Å². The molecule has 9 aromatic rings. The Bertz CT molecular complexity index is 3940. The van der Waals surface area contributed by atoms with E-state index in [9.17, 15) is 0 Å². The number of hydrogen-bond donors (Lipinski definition) is 2. The zero-order valence-corrected chi connectivity index (χ0v) is 52.4. The average Bonchev–Trinajstić information content (AvgIpc) is 1.96. The van der Waals surface area contributed by atoms with Crippen LogP contribution in [0.3, 0.4) is 0 Å². The summed E-state index contributed by atoms with van der Waals surface area (Å²) in [5, 5.41) is 9.28. The van der Waals surface area contributed by atoms with Crippen LogP contribution < -0.4 is 0 Å². The summed E-state index contributed by atoms with van der Waals surface area (Å²) in [5.41, 5.74) is 18.7. The van der Waals surface area contributed by atoms with Crippen molar-refractivity contribution in [2.24, 2.45) is 0 Å². The molecule has 10 heteroatoms. The first kappa shape index (κ1) is 57.3. The maximum atomic E-state index is 5.79. The molecule has 5 heterocycles. The van der Waals surface area contributed by atoms with Crippen LogP contribution in [0.15, 0.2) is 146 Å². The fourth-order valence-corrected chi connectivity index (χ4v) is 11.1. The summed E-state index contributed by atoms with van der Waals surface area (Å²) in [5.74, 6) is 2.30. The molecular weight excluding hydrogens is 1030 g/mol. The molecule has 0 aliphatic carbocycles. The Morgan fingerprint density at radius 1 is 0.226 bits per heavy atom. The molecule has 0 atom stereocenters. The molecule has 3 aromatic heterocycles. The molecule has 2 aliphatic rings. The van der Waals surface area contributed by atoms with E-state index in [0.29, 0.717) is 34.6 Å². The Balaban J connectivity index is 1.33. The van der Waals surface area contributed by atoms with Crippen LogP contribution >= 0.6 is 0 Å². The second kappa shape index (κ2) is 20.7. The van der Waals surface area contributed by atoms with E-state index < -0.39 is 0 Å². The van der Waals surface area contributed by atoms with Gasteiger partial charge in [-0.1, -0.05) is 270 Å². The Morgan fingerprint density at radius 3 is 0.643 bits per heavy atom. The average molecular weight is 1110 g/mol. The number of aromatic amines is 2. The topological polar surface area (TPSA) is 135 Å². The fourth-order valence-electron chi connectivity index (χ4n) is 11.1. The van der Waals surface area contributed by atoms with E-state index in [1.165, 1.54) is 33.4 Å². The van der Waals surface area contributed by atoms with Gasteiger partial charge in [-0.3, -0.25) is 4.98 Å². The first-order chi connectivity index (χ1) is 39.4. The molecule has 0 radical (unpaired) electrons. The Hall–Kier alpha value is -8.50. The van der Waals surface area contributed by atoms with Crippen molar-refractivity contribution in [3.05, 3.63) is 225 Å². The maximum absolute atomic E-state index is 5.79. The van der Waals surface area contributed by atoms with Gasteiger partial charge in [0.1, 0.15) is 11.3 Å². The highest BCUT2D eigenvalue weighted by molar-refractivity contribution is 6.07. The summed E-state index contributed by atoms with van der Waals surface area (Å²) in [6.07, 6.45) is 0. The molecule has 6 aromatic carbocycles. The third-order valence-electron chi connectivity index (χ3n) is 16.3. The van der Waals surface area contributed by atoms with Gasteiger partial charge < -0.3 is 4.98 Å². The van der Waals surface area contributed by atoms with Crippen molar-refractivity contribution in [2.45, 2.75) is 157 Å². The van der Waals surface area contributed by atoms with Crippen molar-refractivity contribution in [1.29, 1.82) is 0 Å². The molecule has 10 nitrogen and oxygen atoms in total. The smallest absolute Gasteiger partial charge is 0.251 e. The molecule has 2 aliphatic heterocycles. The van der Waals surface area contributed by atoms with Gasteiger partial charge in [0, 0.05) is 33.4 Å². The van der Waals surface area contributed by atoms with Gasteiger partial charge in [-0.2, -0.15) is 9.97 Å². The Labute approximate surface area is 496 Å². The highest BCUT2D eigenvalue weighted by Gasteiger charge is 2.31.